The molecule has 0 aromatic carbocycles. The molecule has 0 saturated carbocycles. The monoisotopic (exact) mass is 253 g/mol. The molecule has 18 heavy (non-hydrogen) atoms. The summed E-state index contributed by atoms with van der Waals surface area (Å²) in [6, 6.07) is 1.09. The Bertz CT molecular complexity index is 486. The molecule has 1 heterocycles. The molecule has 0 fully saturated rings. The molecule has 8 nitrogen and oxygen atoms in total. The molecule has 5 N–H and O–H groups in total. The molecule has 0 bridgehead atoms. The van der Waals surface area contributed by atoms with E-state index in [1.54, 1.807) is 13.8 Å². The number of nitrogens with one attached hydrogen (secondary N) is 1. The number of rotatable bonds is 5. The third-order valence-electron chi connectivity index (χ3n) is 2.32. The number of primary amides is 1. The fourth-order valence-corrected chi connectivity index (χ4v) is 1.21. The number of hydrogen-bond donors (Lipinski definition) is 3. The zero-order chi connectivity index (χ0) is 13.9. The number of hydrogen-bond acceptors (Lipinski definition) is 6. The lowest BCUT2D eigenvalue weighted by molar-refractivity contribution is -0.385. The van der Waals surface area contributed by atoms with Gasteiger partial charge in [-0.05, 0) is 13.8 Å². The second-order valence-electron chi connectivity index (χ2n) is 4.42. The summed E-state index contributed by atoms with van der Waals surface area (Å²) in [5.41, 5.74) is 9.88. The van der Waals surface area contributed by atoms with Crippen LogP contribution in [0.4, 0.5) is 11.5 Å². The number of nitro groups is 1. The highest BCUT2D eigenvalue weighted by Crippen LogP contribution is 2.21. The molecule has 0 radical (unpaired) electrons. The molecular formula is C10H15N5O3. The minimum Gasteiger partial charge on any atom is -0.365 e. The first-order valence-corrected chi connectivity index (χ1v) is 5.19. The average molecular weight is 253 g/mol. The largest absolute Gasteiger partial charge is 0.365 e. The SMILES string of the molecule is CC(C)(CN)Nc1ncc([N+](=O)[O-])cc1C(N)=O. The predicted octanol–water partition coefficient (Wildman–Crippen LogP) is 0.238. The Morgan fingerprint density at radius 2 is 2.22 bits per heavy atom. The quantitative estimate of drug-likeness (QED) is 0.507. The van der Waals surface area contributed by atoms with Crippen molar-refractivity contribution in [3.63, 3.8) is 0 Å². The van der Waals surface area contributed by atoms with Crippen molar-refractivity contribution in [3.8, 4) is 0 Å². The number of aromatic nitrogens is 1. The van der Waals surface area contributed by atoms with Gasteiger partial charge in [-0.25, -0.2) is 4.98 Å². The normalized spacial score (nSPS) is 11.1. The van der Waals surface area contributed by atoms with E-state index in [1.807, 2.05) is 0 Å². The number of nitrogens with zero attached hydrogens (tertiary/aromatic N) is 2. The lowest BCUT2D eigenvalue weighted by Crippen LogP contribution is -2.40. The van der Waals surface area contributed by atoms with Crippen molar-refractivity contribution < 1.29 is 9.72 Å². The van der Waals surface area contributed by atoms with Crippen LogP contribution in [0.2, 0.25) is 0 Å². The maximum Gasteiger partial charge on any atom is 0.288 e. The van der Waals surface area contributed by atoms with Crippen LogP contribution < -0.4 is 16.8 Å². The lowest BCUT2D eigenvalue weighted by Gasteiger charge is -2.25. The number of pyridine rings is 1. The van der Waals surface area contributed by atoms with E-state index in [-0.39, 0.29) is 17.1 Å². The van der Waals surface area contributed by atoms with Crippen molar-refractivity contribution >= 4 is 17.4 Å². The van der Waals surface area contributed by atoms with Crippen molar-refractivity contribution in [3.05, 3.63) is 27.9 Å². The van der Waals surface area contributed by atoms with Crippen LogP contribution in [-0.2, 0) is 0 Å². The maximum absolute atomic E-state index is 11.3. The van der Waals surface area contributed by atoms with Gasteiger partial charge in [-0.2, -0.15) is 0 Å². The number of amides is 1. The van der Waals surface area contributed by atoms with Gasteiger partial charge in [0.05, 0.1) is 10.5 Å². The van der Waals surface area contributed by atoms with Gasteiger partial charge in [-0.1, -0.05) is 0 Å². The summed E-state index contributed by atoms with van der Waals surface area (Å²) < 4.78 is 0. The van der Waals surface area contributed by atoms with Gasteiger partial charge in [0.15, 0.2) is 0 Å². The van der Waals surface area contributed by atoms with Crippen LogP contribution in [0, 0.1) is 10.1 Å². The van der Waals surface area contributed by atoms with Crippen LogP contribution in [0.25, 0.3) is 0 Å². The highest BCUT2D eigenvalue weighted by molar-refractivity contribution is 5.98. The number of carbonyl (C=O) groups excluding carboxylic acids is 1. The molecule has 0 spiro atoms. The van der Waals surface area contributed by atoms with Crippen LogP contribution >= 0.6 is 0 Å². The molecule has 0 aliphatic heterocycles. The van der Waals surface area contributed by atoms with Crippen molar-refractivity contribution in [2.45, 2.75) is 19.4 Å². The van der Waals surface area contributed by atoms with E-state index in [0.29, 0.717) is 6.54 Å². The second kappa shape index (κ2) is 4.96. The average Bonchev–Trinajstić information content (AvgIpc) is 2.28. The van der Waals surface area contributed by atoms with Gasteiger partial charge in [0.1, 0.15) is 12.0 Å². The van der Waals surface area contributed by atoms with E-state index in [4.69, 9.17) is 11.5 Å². The first-order chi connectivity index (χ1) is 8.26. The van der Waals surface area contributed by atoms with E-state index in [0.717, 1.165) is 12.3 Å². The third-order valence-corrected chi connectivity index (χ3v) is 2.32. The van der Waals surface area contributed by atoms with Gasteiger partial charge in [-0.3, -0.25) is 14.9 Å². The van der Waals surface area contributed by atoms with Crippen LogP contribution in [0.15, 0.2) is 12.3 Å². The van der Waals surface area contributed by atoms with Crippen LogP contribution in [0.5, 0.6) is 0 Å². The summed E-state index contributed by atoms with van der Waals surface area (Å²) in [5.74, 6) is -0.606. The Balaban J connectivity index is 3.20. The molecule has 1 amide bonds. The summed E-state index contributed by atoms with van der Waals surface area (Å²) in [5, 5.41) is 13.5. The van der Waals surface area contributed by atoms with E-state index in [2.05, 4.69) is 10.3 Å². The van der Waals surface area contributed by atoms with Crippen molar-refractivity contribution in [1.29, 1.82) is 0 Å². The van der Waals surface area contributed by atoms with Crippen molar-refractivity contribution in [1.82, 2.24) is 4.98 Å². The molecule has 0 unspecified atom stereocenters. The topological polar surface area (TPSA) is 137 Å². The van der Waals surface area contributed by atoms with Gasteiger partial charge >= 0.3 is 0 Å². The molecule has 1 aromatic rings. The standard InChI is InChI=1S/C10H15N5O3/c1-10(2,5-11)14-9-7(8(12)16)3-6(4-13-9)15(17)18/h3-4H,5,11H2,1-2H3,(H2,12,16)(H,13,14). The minimum absolute atomic E-state index is 0.0364. The maximum atomic E-state index is 11.3. The van der Waals surface area contributed by atoms with Crippen LogP contribution in [0.1, 0.15) is 24.2 Å². The zero-order valence-corrected chi connectivity index (χ0v) is 10.1. The molecule has 1 aromatic heterocycles. The Hall–Kier alpha value is -2.22. The molecule has 0 atom stereocenters. The molecule has 1 rings (SSSR count). The zero-order valence-electron chi connectivity index (χ0n) is 10.1. The van der Waals surface area contributed by atoms with Crippen LogP contribution in [-0.4, -0.2) is 27.9 Å². The Morgan fingerprint density at radius 1 is 1.61 bits per heavy atom. The Kier molecular flexibility index (Phi) is 3.82. The summed E-state index contributed by atoms with van der Waals surface area (Å²) in [4.78, 5) is 25.1. The number of nitrogens with two attached hydrogens (primary N) is 2. The number of anilines is 1. The fraction of sp³-hybridized carbons (Fsp3) is 0.400. The van der Waals surface area contributed by atoms with E-state index >= 15 is 0 Å². The van der Waals surface area contributed by atoms with E-state index in [1.165, 1.54) is 0 Å². The Morgan fingerprint density at radius 3 is 2.67 bits per heavy atom. The van der Waals surface area contributed by atoms with Gasteiger partial charge in [-0.15, -0.1) is 0 Å². The molecule has 0 aliphatic rings. The van der Waals surface area contributed by atoms with Crippen LogP contribution in [0.3, 0.4) is 0 Å². The molecule has 0 saturated heterocycles. The fourth-order valence-electron chi connectivity index (χ4n) is 1.21. The molecule has 98 valence electrons. The van der Waals surface area contributed by atoms with Crippen molar-refractivity contribution in [2.75, 3.05) is 11.9 Å². The molecule has 8 heteroatoms. The van der Waals surface area contributed by atoms with Gasteiger partial charge in [0.2, 0.25) is 0 Å². The predicted molar refractivity (Wildman–Crippen MR) is 66.2 cm³/mol. The molecule has 0 aliphatic carbocycles. The lowest BCUT2D eigenvalue weighted by atomic mass is 10.1. The first-order valence-electron chi connectivity index (χ1n) is 5.19. The second-order valence-corrected chi connectivity index (χ2v) is 4.42. The summed E-state index contributed by atoms with van der Waals surface area (Å²) in [6.45, 7) is 3.91. The van der Waals surface area contributed by atoms with Gasteiger partial charge < -0.3 is 16.8 Å². The van der Waals surface area contributed by atoms with Crippen molar-refractivity contribution in [2.24, 2.45) is 11.5 Å². The smallest absolute Gasteiger partial charge is 0.288 e. The highest BCUT2D eigenvalue weighted by Gasteiger charge is 2.21. The summed E-state index contributed by atoms with van der Waals surface area (Å²) in [6.07, 6.45) is 1.06. The van der Waals surface area contributed by atoms with E-state index < -0.39 is 16.4 Å². The minimum atomic E-state index is -0.790. The first kappa shape index (κ1) is 13.8. The van der Waals surface area contributed by atoms with Gasteiger partial charge in [0.25, 0.3) is 11.6 Å². The Labute approximate surface area is 104 Å². The number of carbonyl (C=O) groups is 1. The summed E-state index contributed by atoms with van der Waals surface area (Å²) in [7, 11) is 0. The van der Waals surface area contributed by atoms with E-state index in [9.17, 15) is 14.9 Å². The summed E-state index contributed by atoms with van der Waals surface area (Å²) >= 11 is 0. The third kappa shape index (κ3) is 3.14. The van der Waals surface area contributed by atoms with Gasteiger partial charge in [0, 0.05) is 18.2 Å². The highest BCUT2D eigenvalue weighted by atomic mass is 16.6. The molecular weight excluding hydrogens is 238 g/mol.